The van der Waals surface area contributed by atoms with Gasteiger partial charge in [-0.25, -0.2) is 15.0 Å². The summed E-state index contributed by atoms with van der Waals surface area (Å²) >= 11 is 0. The summed E-state index contributed by atoms with van der Waals surface area (Å²) in [7, 11) is 0. The summed E-state index contributed by atoms with van der Waals surface area (Å²) in [6.07, 6.45) is 3.51. The molecule has 0 saturated carbocycles. The van der Waals surface area contributed by atoms with Gasteiger partial charge in [-0.3, -0.25) is 0 Å². The molecule has 2 rings (SSSR count). The smallest absolute Gasteiger partial charge is 0.162 e. The van der Waals surface area contributed by atoms with Crippen LogP contribution < -0.4 is 0 Å². The lowest BCUT2D eigenvalue weighted by atomic mass is 10.3. The van der Waals surface area contributed by atoms with E-state index < -0.39 is 0 Å². The van der Waals surface area contributed by atoms with Gasteiger partial charge < -0.3 is 0 Å². The lowest BCUT2D eigenvalue weighted by Crippen LogP contribution is -1.88. The van der Waals surface area contributed by atoms with E-state index >= 15 is 0 Å². The molecule has 2 aromatic rings. The zero-order valence-electron chi connectivity index (χ0n) is 8.15. The Kier molecular flexibility index (Phi) is 3.31. The van der Waals surface area contributed by atoms with Gasteiger partial charge in [0, 0.05) is 17.8 Å². The minimum absolute atomic E-state index is 0.760. The normalized spacial score (nSPS) is 9.15. The van der Waals surface area contributed by atoms with Gasteiger partial charge in [-0.15, -0.1) is 0 Å². The Hall–Kier alpha value is -1.51. The van der Waals surface area contributed by atoms with Crippen molar-refractivity contribution in [1.29, 1.82) is 0 Å². The standard InChI is InChI=1S/C8H7N3.C2H6/c1-6-10-5-7-3-2-4-9-8(7)11-6;1-2/h2-5H,1H3;1-2H3. The van der Waals surface area contributed by atoms with Gasteiger partial charge in [0.1, 0.15) is 5.82 Å². The van der Waals surface area contributed by atoms with Crippen LogP contribution in [0, 0.1) is 6.92 Å². The molecule has 0 bridgehead atoms. The van der Waals surface area contributed by atoms with E-state index in [2.05, 4.69) is 15.0 Å². The first-order chi connectivity index (χ1) is 6.36. The van der Waals surface area contributed by atoms with Crippen molar-refractivity contribution in [2.75, 3.05) is 0 Å². The zero-order valence-corrected chi connectivity index (χ0v) is 8.15. The Morgan fingerprint density at radius 1 is 1.15 bits per heavy atom. The summed E-state index contributed by atoms with van der Waals surface area (Å²) in [5.41, 5.74) is 0.764. The van der Waals surface area contributed by atoms with Crippen molar-refractivity contribution in [3.63, 3.8) is 0 Å². The second-order valence-electron chi connectivity index (χ2n) is 2.33. The topological polar surface area (TPSA) is 38.7 Å². The second-order valence-corrected chi connectivity index (χ2v) is 2.33. The maximum Gasteiger partial charge on any atom is 0.162 e. The maximum absolute atomic E-state index is 4.15. The number of hydrogen-bond acceptors (Lipinski definition) is 3. The van der Waals surface area contributed by atoms with E-state index in [0.29, 0.717) is 0 Å². The highest BCUT2D eigenvalue weighted by molar-refractivity contribution is 5.72. The van der Waals surface area contributed by atoms with Gasteiger partial charge in [-0.05, 0) is 19.1 Å². The van der Waals surface area contributed by atoms with E-state index in [0.717, 1.165) is 16.9 Å². The lowest BCUT2D eigenvalue weighted by Gasteiger charge is -1.94. The lowest BCUT2D eigenvalue weighted by molar-refractivity contribution is 1.07. The Labute approximate surface area is 77.9 Å². The minimum Gasteiger partial charge on any atom is -0.241 e. The molecule has 0 spiro atoms. The minimum atomic E-state index is 0.760. The first-order valence-electron chi connectivity index (χ1n) is 4.40. The highest BCUT2D eigenvalue weighted by Gasteiger charge is 1.93. The van der Waals surface area contributed by atoms with Crippen LogP contribution >= 0.6 is 0 Å². The molecule has 0 atom stereocenters. The van der Waals surface area contributed by atoms with Crippen LogP contribution in [0.4, 0.5) is 0 Å². The van der Waals surface area contributed by atoms with Gasteiger partial charge in [0.05, 0.1) is 0 Å². The van der Waals surface area contributed by atoms with Gasteiger partial charge in [-0.1, -0.05) is 13.8 Å². The van der Waals surface area contributed by atoms with E-state index in [1.807, 2.05) is 32.9 Å². The van der Waals surface area contributed by atoms with Crippen LogP contribution in [-0.4, -0.2) is 15.0 Å². The SMILES string of the molecule is CC.Cc1ncc2cccnc2n1. The van der Waals surface area contributed by atoms with Crippen molar-refractivity contribution in [3.05, 3.63) is 30.4 Å². The molecule has 2 aromatic heterocycles. The molecule has 0 N–H and O–H groups in total. The number of aryl methyl sites for hydroxylation is 1. The first-order valence-corrected chi connectivity index (χ1v) is 4.40. The number of fused-ring (bicyclic) bond motifs is 1. The molecular formula is C10H13N3. The fourth-order valence-electron chi connectivity index (χ4n) is 0.949. The molecule has 2 heterocycles. The molecule has 0 aliphatic heterocycles. The van der Waals surface area contributed by atoms with Crippen LogP contribution in [0.3, 0.4) is 0 Å². The Morgan fingerprint density at radius 3 is 2.69 bits per heavy atom. The zero-order chi connectivity index (χ0) is 9.68. The Balaban J connectivity index is 0.000000396. The third-order valence-corrected chi connectivity index (χ3v) is 1.48. The monoisotopic (exact) mass is 175 g/mol. The van der Waals surface area contributed by atoms with Crippen LogP contribution in [-0.2, 0) is 0 Å². The third-order valence-electron chi connectivity index (χ3n) is 1.48. The molecule has 0 fully saturated rings. The fraction of sp³-hybridized carbons (Fsp3) is 0.300. The van der Waals surface area contributed by atoms with E-state index in [1.54, 1.807) is 12.4 Å². The molecule has 0 unspecified atom stereocenters. The summed E-state index contributed by atoms with van der Waals surface area (Å²) in [6, 6.07) is 3.82. The summed E-state index contributed by atoms with van der Waals surface area (Å²) in [5.74, 6) is 0.760. The Morgan fingerprint density at radius 2 is 1.92 bits per heavy atom. The highest BCUT2D eigenvalue weighted by atomic mass is 14.9. The molecule has 0 radical (unpaired) electrons. The quantitative estimate of drug-likeness (QED) is 0.617. The van der Waals surface area contributed by atoms with Crippen molar-refractivity contribution < 1.29 is 0 Å². The predicted octanol–water partition coefficient (Wildman–Crippen LogP) is 2.36. The molecule has 0 aromatic carbocycles. The molecule has 0 aliphatic rings. The van der Waals surface area contributed by atoms with Crippen molar-refractivity contribution in [2.45, 2.75) is 20.8 Å². The van der Waals surface area contributed by atoms with Gasteiger partial charge in [0.15, 0.2) is 5.65 Å². The van der Waals surface area contributed by atoms with Crippen LogP contribution in [0.5, 0.6) is 0 Å². The largest absolute Gasteiger partial charge is 0.241 e. The second kappa shape index (κ2) is 4.50. The van der Waals surface area contributed by atoms with E-state index in [-0.39, 0.29) is 0 Å². The molecule has 3 heteroatoms. The van der Waals surface area contributed by atoms with E-state index in [9.17, 15) is 0 Å². The summed E-state index contributed by atoms with van der Waals surface area (Å²) < 4.78 is 0. The number of aromatic nitrogens is 3. The summed E-state index contributed by atoms with van der Waals surface area (Å²) in [6.45, 7) is 5.86. The number of nitrogens with zero attached hydrogens (tertiary/aromatic N) is 3. The molecule has 0 saturated heterocycles. The fourth-order valence-corrected chi connectivity index (χ4v) is 0.949. The summed E-state index contributed by atoms with van der Waals surface area (Å²) in [5, 5.41) is 0.984. The van der Waals surface area contributed by atoms with Crippen molar-refractivity contribution in [1.82, 2.24) is 15.0 Å². The predicted molar refractivity (Wildman–Crippen MR) is 53.4 cm³/mol. The molecule has 68 valence electrons. The molecule has 13 heavy (non-hydrogen) atoms. The molecule has 0 aliphatic carbocycles. The van der Waals surface area contributed by atoms with Crippen LogP contribution in [0.15, 0.2) is 24.5 Å². The van der Waals surface area contributed by atoms with Crippen molar-refractivity contribution >= 4 is 11.0 Å². The number of hydrogen-bond donors (Lipinski definition) is 0. The molecular weight excluding hydrogens is 162 g/mol. The highest BCUT2D eigenvalue weighted by Crippen LogP contribution is 2.04. The van der Waals surface area contributed by atoms with Crippen molar-refractivity contribution in [3.8, 4) is 0 Å². The number of rotatable bonds is 0. The van der Waals surface area contributed by atoms with Crippen LogP contribution in [0.2, 0.25) is 0 Å². The molecule has 0 amide bonds. The average molecular weight is 175 g/mol. The van der Waals surface area contributed by atoms with Gasteiger partial charge in [0.2, 0.25) is 0 Å². The average Bonchev–Trinajstić information content (AvgIpc) is 2.21. The first kappa shape index (κ1) is 9.58. The number of pyridine rings is 1. The van der Waals surface area contributed by atoms with E-state index in [4.69, 9.17) is 0 Å². The van der Waals surface area contributed by atoms with Gasteiger partial charge in [0.25, 0.3) is 0 Å². The van der Waals surface area contributed by atoms with Crippen molar-refractivity contribution in [2.24, 2.45) is 0 Å². The van der Waals surface area contributed by atoms with Crippen LogP contribution in [0.25, 0.3) is 11.0 Å². The molecule has 3 nitrogen and oxygen atoms in total. The maximum atomic E-state index is 4.15. The summed E-state index contributed by atoms with van der Waals surface area (Å²) in [4.78, 5) is 12.3. The van der Waals surface area contributed by atoms with Gasteiger partial charge >= 0.3 is 0 Å². The van der Waals surface area contributed by atoms with E-state index in [1.165, 1.54) is 0 Å². The van der Waals surface area contributed by atoms with Crippen LogP contribution in [0.1, 0.15) is 19.7 Å². The Bertz CT molecular complexity index is 385. The van der Waals surface area contributed by atoms with Gasteiger partial charge in [-0.2, -0.15) is 0 Å². The third kappa shape index (κ3) is 2.21.